The molecule has 3 nitrogen and oxygen atoms in total. The quantitative estimate of drug-likeness (QED) is 0.833. The minimum atomic E-state index is -0.127. The second kappa shape index (κ2) is 4.63. The van der Waals surface area contributed by atoms with E-state index < -0.39 is 0 Å². The summed E-state index contributed by atoms with van der Waals surface area (Å²) in [7, 11) is 0. The Labute approximate surface area is 108 Å². The Morgan fingerprint density at radius 3 is 2.78 bits per heavy atom. The van der Waals surface area contributed by atoms with Gasteiger partial charge in [-0.1, -0.05) is 26.0 Å². The van der Waals surface area contributed by atoms with Gasteiger partial charge in [-0.15, -0.1) is 0 Å². The van der Waals surface area contributed by atoms with E-state index in [0.717, 1.165) is 5.56 Å². The first-order valence-electron chi connectivity index (χ1n) is 6.41. The van der Waals surface area contributed by atoms with E-state index in [1.165, 1.54) is 0 Å². The van der Waals surface area contributed by atoms with Crippen molar-refractivity contribution in [1.82, 2.24) is 0 Å². The third-order valence-electron chi connectivity index (χ3n) is 3.97. The van der Waals surface area contributed by atoms with Crippen LogP contribution >= 0.6 is 0 Å². The van der Waals surface area contributed by atoms with Gasteiger partial charge in [0, 0.05) is 6.42 Å². The molecule has 0 aliphatic heterocycles. The molecular formula is C15H20O3. The first kappa shape index (κ1) is 12.9. The van der Waals surface area contributed by atoms with Crippen molar-refractivity contribution in [3.8, 4) is 5.75 Å². The molecule has 18 heavy (non-hydrogen) atoms. The molecular weight excluding hydrogens is 228 g/mol. The monoisotopic (exact) mass is 248 g/mol. The Bertz CT molecular complexity index is 451. The maximum Gasteiger partial charge on any atom is 0.306 e. The van der Waals surface area contributed by atoms with Gasteiger partial charge in [0.05, 0.1) is 6.61 Å². The number of rotatable bonds is 4. The molecule has 0 spiro atoms. The Morgan fingerprint density at radius 2 is 2.17 bits per heavy atom. The second-order valence-electron chi connectivity index (χ2n) is 5.51. The fraction of sp³-hybridized carbons (Fsp3) is 0.533. The Balaban J connectivity index is 2.09. The highest BCUT2D eigenvalue weighted by Crippen LogP contribution is 2.66. The molecule has 1 aliphatic rings. The highest BCUT2D eigenvalue weighted by atomic mass is 16.5. The van der Waals surface area contributed by atoms with Crippen molar-refractivity contribution in [3.63, 3.8) is 0 Å². The van der Waals surface area contributed by atoms with Crippen molar-refractivity contribution < 1.29 is 14.6 Å². The van der Waals surface area contributed by atoms with Crippen molar-refractivity contribution in [1.29, 1.82) is 0 Å². The van der Waals surface area contributed by atoms with Crippen LogP contribution in [0.25, 0.3) is 0 Å². The van der Waals surface area contributed by atoms with E-state index in [2.05, 4.69) is 13.8 Å². The number of phenolic OH excluding ortho intramolecular Hbond substituents is 1. The van der Waals surface area contributed by atoms with Gasteiger partial charge in [0.1, 0.15) is 5.75 Å². The van der Waals surface area contributed by atoms with Crippen LogP contribution in [0.1, 0.15) is 38.7 Å². The van der Waals surface area contributed by atoms with E-state index in [1.54, 1.807) is 12.1 Å². The lowest BCUT2D eigenvalue weighted by atomic mass is 10.0. The van der Waals surface area contributed by atoms with Gasteiger partial charge in [0.25, 0.3) is 0 Å². The Morgan fingerprint density at radius 1 is 1.44 bits per heavy atom. The SMILES string of the molecule is CCOC(=O)CC1C(c2cccc(O)c2)C1(C)C. The molecule has 98 valence electrons. The smallest absolute Gasteiger partial charge is 0.306 e. The highest BCUT2D eigenvalue weighted by molar-refractivity contribution is 5.70. The van der Waals surface area contributed by atoms with Crippen LogP contribution in [0.2, 0.25) is 0 Å². The summed E-state index contributed by atoms with van der Waals surface area (Å²) in [6.45, 7) is 6.57. The summed E-state index contributed by atoms with van der Waals surface area (Å²) < 4.78 is 5.01. The lowest BCUT2D eigenvalue weighted by molar-refractivity contribution is -0.143. The fourth-order valence-corrected chi connectivity index (χ4v) is 2.90. The van der Waals surface area contributed by atoms with Crippen molar-refractivity contribution >= 4 is 5.97 Å². The molecule has 0 radical (unpaired) electrons. The van der Waals surface area contributed by atoms with Crippen LogP contribution in [0.5, 0.6) is 5.75 Å². The van der Waals surface area contributed by atoms with Crippen LogP contribution in [0, 0.1) is 11.3 Å². The van der Waals surface area contributed by atoms with Crippen molar-refractivity contribution in [2.45, 2.75) is 33.1 Å². The number of hydrogen-bond donors (Lipinski definition) is 1. The van der Waals surface area contributed by atoms with Gasteiger partial charge >= 0.3 is 5.97 Å². The van der Waals surface area contributed by atoms with Crippen LogP contribution in [-0.2, 0) is 9.53 Å². The van der Waals surface area contributed by atoms with Gasteiger partial charge in [0.2, 0.25) is 0 Å². The third-order valence-corrected chi connectivity index (χ3v) is 3.97. The number of ether oxygens (including phenoxy) is 1. The summed E-state index contributed by atoms with van der Waals surface area (Å²) in [5.41, 5.74) is 1.20. The normalized spacial score (nSPS) is 24.6. The lowest BCUT2D eigenvalue weighted by Gasteiger charge is -2.03. The maximum atomic E-state index is 11.6. The zero-order valence-corrected chi connectivity index (χ0v) is 11.1. The molecule has 1 aromatic rings. The van der Waals surface area contributed by atoms with Crippen molar-refractivity contribution in [2.75, 3.05) is 6.61 Å². The predicted octanol–water partition coefficient (Wildman–Crippen LogP) is 3.09. The Kier molecular flexibility index (Phi) is 3.33. The molecule has 0 bridgehead atoms. The number of phenols is 1. The average molecular weight is 248 g/mol. The Hall–Kier alpha value is -1.51. The topological polar surface area (TPSA) is 46.5 Å². The summed E-state index contributed by atoms with van der Waals surface area (Å²) in [5, 5.41) is 9.52. The lowest BCUT2D eigenvalue weighted by Crippen LogP contribution is -2.06. The van der Waals surface area contributed by atoms with E-state index in [9.17, 15) is 9.90 Å². The van der Waals surface area contributed by atoms with Crippen molar-refractivity contribution in [3.05, 3.63) is 29.8 Å². The molecule has 0 saturated heterocycles. The van der Waals surface area contributed by atoms with Gasteiger partial charge < -0.3 is 9.84 Å². The van der Waals surface area contributed by atoms with Gasteiger partial charge in [-0.3, -0.25) is 4.79 Å². The molecule has 0 aromatic heterocycles. The molecule has 2 atom stereocenters. The van der Waals surface area contributed by atoms with E-state index in [1.807, 2.05) is 19.1 Å². The number of hydrogen-bond acceptors (Lipinski definition) is 3. The molecule has 0 amide bonds. The summed E-state index contributed by atoms with van der Waals surface area (Å²) in [6, 6.07) is 7.31. The van der Waals surface area contributed by atoms with Crippen LogP contribution < -0.4 is 0 Å². The highest BCUT2D eigenvalue weighted by Gasteiger charge is 2.58. The van der Waals surface area contributed by atoms with Gasteiger partial charge in [0.15, 0.2) is 0 Å². The minimum absolute atomic E-state index is 0.0978. The summed E-state index contributed by atoms with van der Waals surface area (Å²) in [5.74, 6) is 0.788. The first-order valence-corrected chi connectivity index (χ1v) is 6.41. The number of aromatic hydroxyl groups is 1. The number of benzene rings is 1. The predicted molar refractivity (Wildman–Crippen MR) is 69.4 cm³/mol. The van der Waals surface area contributed by atoms with Crippen molar-refractivity contribution in [2.24, 2.45) is 11.3 Å². The van der Waals surface area contributed by atoms with Crippen LogP contribution in [0.15, 0.2) is 24.3 Å². The van der Waals surface area contributed by atoms with Crippen LogP contribution in [0.3, 0.4) is 0 Å². The van der Waals surface area contributed by atoms with Gasteiger partial charge in [-0.2, -0.15) is 0 Å². The number of esters is 1. The maximum absolute atomic E-state index is 11.6. The first-order chi connectivity index (χ1) is 8.46. The minimum Gasteiger partial charge on any atom is -0.508 e. The zero-order chi connectivity index (χ0) is 13.3. The molecule has 1 N–H and O–H groups in total. The van der Waals surface area contributed by atoms with Gasteiger partial charge in [-0.05, 0) is 41.9 Å². The van der Waals surface area contributed by atoms with Gasteiger partial charge in [-0.25, -0.2) is 0 Å². The molecule has 2 rings (SSSR count). The molecule has 3 heteroatoms. The second-order valence-corrected chi connectivity index (χ2v) is 5.51. The molecule has 1 aliphatic carbocycles. The summed E-state index contributed by atoms with van der Waals surface area (Å²) in [6.07, 6.45) is 0.459. The molecule has 1 fully saturated rings. The summed E-state index contributed by atoms with van der Waals surface area (Å²) in [4.78, 5) is 11.6. The van der Waals surface area contributed by atoms with E-state index in [-0.39, 0.29) is 17.1 Å². The number of carbonyl (C=O) groups is 1. The molecule has 1 saturated carbocycles. The zero-order valence-electron chi connectivity index (χ0n) is 11.1. The molecule has 2 unspecified atom stereocenters. The van der Waals surface area contributed by atoms with E-state index in [0.29, 0.717) is 24.9 Å². The summed E-state index contributed by atoms with van der Waals surface area (Å²) >= 11 is 0. The van der Waals surface area contributed by atoms with Crippen LogP contribution in [-0.4, -0.2) is 17.7 Å². The molecule has 1 aromatic carbocycles. The fourth-order valence-electron chi connectivity index (χ4n) is 2.90. The average Bonchev–Trinajstić information content (AvgIpc) is 2.80. The third kappa shape index (κ3) is 2.35. The molecule has 0 heterocycles. The largest absolute Gasteiger partial charge is 0.508 e. The number of carbonyl (C=O) groups excluding carboxylic acids is 1. The van der Waals surface area contributed by atoms with E-state index >= 15 is 0 Å². The standard InChI is InChI=1S/C15H20O3/c1-4-18-13(17)9-12-14(15(12,2)3)10-6-5-7-11(16)8-10/h5-8,12,14,16H,4,9H2,1-3H3. The van der Waals surface area contributed by atoms with Crippen LogP contribution in [0.4, 0.5) is 0 Å². The van der Waals surface area contributed by atoms with E-state index in [4.69, 9.17) is 4.74 Å².